The Balaban J connectivity index is 0.00000400. The molecule has 0 unspecified atom stereocenters. The second-order valence-corrected chi connectivity index (χ2v) is 6.77. The molecule has 0 bridgehead atoms. The first-order valence-electron chi connectivity index (χ1n) is 7.13. The van der Waals surface area contributed by atoms with Crippen molar-refractivity contribution in [3.05, 3.63) is 12.2 Å². The quantitative estimate of drug-likeness (QED) is 0.275. The van der Waals surface area contributed by atoms with Gasteiger partial charge in [-0.2, -0.15) is 0 Å². The van der Waals surface area contributed by atoms with E-state index in [-0.39, 0.29) is 29.7 Å². The Morgan fingerprint density at radius 1 is 1.29 bits per heavy atom. The third-order valence-corrected chi connectivity index (χ3v) is 5.35. The molecule has 0 radical (unpaired) electrons. The summed E-state index contributed by atoms with van der Waals surface area (Å²) in [4.78, 5) is 4.11. The van der Waals surface area contributed by atoms with E-state index in [1.165, 1.54) is 4.31 Å². The molecular weight excluding hydrogens is 403 g/mol. The minimum atomic E-state index is -3.18. The Hall–Kier alpha value is -0.350. The lowest BCUT2D eigenvalue weighted by atomic mass is 10.2. The number of rotatable bonds is 7. The Kier molecular flexibility index (Phi) is 10.2. The third-order valence-electron chi connectivity index (χ3n) is 3.32. The van der Waals surface area contributed by atoms with E-state index in [0.29, 0.717) is 31.6 Å². The van der Waals surface area contributed by atoms with Gasteiger partial charge in [-0.25, -0.2) is 12.7 Å². The molecule has 1 aliphatic rings. The van der Waals surface area contributed by atoms with E-state index in [9.17, 15) is 8.42 Å². The van der Waals surface area contributed by atoms with E-state index in [2.05, 4.69) is 27.8 Å². The number of hydrogen-bond acceptors (Lipinski definition) is 3. The molecule has 0 fully saturated rings. The summed E-state index contributed by atoms with van der Waals surface area (Å²) in [7, 11) is -1.49. The molecule has 0 spiro atoms. The normalized spacial score (nSPS) is 16.1. The predicted octanol–water partition coefficient (Wildman–Crippen LogP) is 1.16. The van der Waals surface area contributed by atoms with E-state index < -0.39 is 10.0 Å². The highest BCUT2D eigenvalue weighted by Gasteiger charge is 2.18. The fourth-order valence-corrected chi connectivity index (χ4v) is 3.57. The second kappa shape index (κ2) is 10.4. The van der Waals surface area contributed by atoms with E-state index >= 15 is 0 Å². The molecule has 0 atom stereocenters. The molecule has 21 heavy (non-hydrogen) atoms. The van der Waals surface area contributed by atoms with Crippen molar-refractivity contribution in [2.24, 2.45) is 4.99 Å². The number of aliphatic imine (C=N–C) groups is 1. The van der Waals surface area contributed by atoms with Gasteiger partial charge in [0, 0.05) is 32.7 Å². The fourth-order valence-electron chi connectivity index (χ4n) is 2.17. The lowest BCUT2D eigenvalue weighted by molar-refractivity contribution is 0.445. The summed E-state index contributed by atoms with van der Waals surface area (Å²) in [5, 5.41) is 6.34. The average molecular weight is 430 g/mol. The summed E-state index contributed by atoms with van der Waals surface area (Å²) in [5.74, 6) is 0.742. The first-order chi connectivity index (χ1) is 9.53. The second-order valence-electron chi connectivity index (χ2n) is 4.68. The van der Waals surface area contributed by atoms with Crippen LogP contribution in [0.1, 0.15) is 26.7 Å². The van der Waals surface area contributed by atoms with Crippen LogP contribution in [-0.2, 0) is 10.0 Å². The van der Waals surface area contributed by atoms with Crippen LogP contribution in [0.15, 0.2) is 17.1 Å². The van der Waals surface area contributed by atoms with Crippen LogP contribution in [0.5, 0.6) is 0 Å². The Bertz CT molecular complexity index is 439. The summed E-state index contributed by atoms with van der Waals surface area (Å²) in [6, 6.07) is 0.362. The minimum absolute atomic E-state index is 0. The molecule has 0 amide bonds. The van der Waals surface area contributed by atoms with Crippen LogP contribution in [0, 0.1) is 0 Å². The largest absolute Gasteiger partial charge is 0.355 e. The van der Waals surface area contributed by atoms with Crippen LogP contribution in [0.4, 0.5) is 0 Å². The first kappa shape index (κ1) is 20.6. The van der Waals surface area contributed by atoms with Crippen LogP contribution in [0.3, 0.4) is 0 Å². The van der Waals surface area contributed by atoms with E-state index in [0.717, 1.165) is 12.8 Å². The van der Waals surface area contributed by atoms with Crippen LogP contribution >= 0.6 is 24.0 Å². The van der Waals surface area contributed by atoms with Crippen molar-refractivity contribution in [2.75, 3.05) is 32.4 Å². The summed E-state index contributed by atoms with van der Waals surface area (Å²) in [6.07, 6.45) is 6.24. The SMILES string of the molecule is CCN(CC)S(=O)(=O)CCNC(=NC)NC1CC=CC1.I. The van der Waals surface area contributed by atoms with Gasteiger partial charge in [-0.1, -0.05) is 26.0 Å². The molecule has 0 aromatic carbocycles. The molecule has 6 nitrogen and oxygen atoms in total. The number of hydrogen-bond donors (Lipinski definition) is 2. The minimum Gasteiger partial charge on any atom is -0.355 e. The van der Waals surface area contributed by atoms with Gasteiger partial charge in [0.2, 0.25) is 10.0 Å². The van der Waals surface area contributed by atoms with Gasteiger partial charge < -0.3 is 10.6 Å². The number of nitrogens with one attached hydrogen (secondary N) is 2. The smallest absolute Gasteiger partial charge is 0.215 e. The summed E-state index contributed by atoms with van der Waals surface area (Å²) < 4.78 is 25.5. The van der Waals surface area contributed by atoms with Crippen LogP contribution in [0.2, 0.25) is 0 Å². The van der Waals surface area contributed by atoms with Crippen molar-refractivity contribution in [2.45, 2.75) is 32.7 Å². The summed E-state index contributed by atoms with van der Waals surface area (Å²) in [5.41, 5.74) is 0. The van der Waals surface area contributed by atoms with E-state index in [1.54, 1.807) is 7.05 Å². The molecule has 0 aliphatic heterocycles. The molecular formula is C13H27IN4O2S. The lowest BCUT2D eigenvalue weighted by Crippen LogP contribution is -2.45. The molecule has 1 aliphatic carbocycles. The molecule has 0 heterocycles. The number of halogens is 1. The van der Waals surface area contributed by atoms with E-state index in [4.69, 9.17) is 0 Å². The van der Waals surface area contributed by atoms with Crippen molar-refractivity contribution >= 4 is 40.0 Å². The summed E-state index contributed by atoms with van der Waals surface area (Å²) in [6.45, 7) is 5.09. The highest BCUT2D eigenvalue weighted by molar-refractivity contribution is 14.0. The van der Waals surface area contributed by atoms with Crippen molar-refractivity contribution in [3.63, 3.8) is 0 Å². The van der Waals surface area contributed by atoms with Gasteiger partial charge in [0.15, 0.2) is 5.96 Å². The average Bonchev–Trinajstić information content (AvgIpc) is 2.91. The van der Waals surface area contributed by atoms with Crippen LogP contribution in [-0.4, -0.2) is 57.2 Å². The van der Waals surface area contributed by atoms with Crippen LogP contribution < -0.4 is 10.6 Å². The maximum atomic E-state index is 12.0. The molecule has 0 aromatic heterocycles. The van der Waals surface area contributed by atoms with Crippen molar-refractivity contribution in [1.82, 2.24) is 14.9 Å². The molecule has 2 N–H and O–H groups in total. The zero-order valence-corrected chi connectivity index (χ0v) is 16.1. The maximum absolute atomic E-state index is 12.0. The highest BCUT2D eigenvalue weighted by Crippen LogP contribution is 2.08. The van der Waals surface area contributed by atoms with Crippen molar-refractivity contribution < 1.29 is 8.42 Å². The predicted molar refractivity (Wildman–Crippen MR) is 98.8 cm³/mol. The third kappa shape index (κ3) is 6.96. The number of nitrogens with zero attached hydrogens (tertiary/aromatic N) is 2. The summed E-state index contributed by atoms with van der Waals surface area (Å²) >= 11 is 0. The highest BCUT2D eigenvalue weighted by atomic mass is 127. The number of guanidine groups is 1. The van der Waals surface area contributed by atoms with Gasteiger partial charge in [-0.3, -0.25) is 4.99 Å². The maximum Gasteiger partial charge on any atom is 0.215 e. The zero-order valence-electron chi connectivity index (χ0n) is 13.0. The van der Waals surface area contributed by atoms with Gasteiger partial charge in [0.25, 0.3) is 0 Å². The Morgan fingerprint density at radius 2 is 1.86 bits per heavy atom. The lowest BCUT2D eigenvalue weighted by Gasteiger charge is -2.20. The molecule has 124 valence electrons. The Morgan fingerprint density at radius 3 is 2.33 bits per heavy atom. The van der Waals surface area contributed by atoms with Crippen molar-refractivity contribution in [3.8, 4) is 0 Å². The molecule has 0 aromatic rings. The molecule has 1 rings (SSSR count). The molecule has 0 saturated carbocycles. The van der Waals surface area contributed by atoms with Gasteiger partial charge in [0.05, 0.1) is 5.75 Å². The Labute approximate surface area is 145 Å². The first-order valence-corrected chi connectivity index (χ1v) is 8.74. The monoisotopic (exact) mass is 430 g/mol. The van der Waals surface area contributed by atoms with Crippen LogP contribution in [0.25, 0.3) is 0 Å². The van der Waals surface area contributed by atoms with Gasteiger partial charge in [-0.15, -0.1) is 24.0 Å². The van der Waals surface area contributed by atoms with E-state index in [1.807, 2.05) is 13.8 Å². The fraction of sp³-hybridized carbons (Fsp3) is 0.769. The standard InChI is InChI=1S/C13H26N4O2S.HI/c1-4-17(5-2)20(18,19)11-10-15-13(14-3)16-12-8-6-7-9-12;/h6-7,12H,4-5,8-11H2,1-3H3,(H2,14,15,16);1H. The van der Waals surface area contributed by atoms with Gasteiger partial charge >= 0.3 is 0 Å². The van der Waals surface area contributed by atoms with Gasteiger partial charge in [0.1, 0.15) is 0 Å². The zero-order chi connectivity index (χ0) is 15.0. The number of sulfonamides is 1. The molecule has 0 saturated heterocycles. The van der Waals surface area contributed by atoms with Crippen molar-refractivity contribution in [1.29, 1.82) is 0 Å². The topological polar surface area (TPSA) is 73.8 Å². The van der Waals surface area contributed by atoms with Gasteiger partial charge in [-0.05, 0) is 12.8 Å². The molecule has 8 heteroatoms.